The van der Waals surface area contributed by atoms with Gasteiger partial charge in [-0.1, -0.05) is 19.3 Å². The molecule has 0 aliphatic carbocycles. The number of carbonyl (C=O) groups is 1. The fourth-order valence-corrected chi connectivity index (χ4v) is 0.877. The number of carbonyl (C=O) groups excluding carboxylic acids is 1. The van der Waals surface area contributed by atoms with E-state index in [0.717, 1.165) is 19.3 Å². The third kappa shape index (κ3) is 3.16. The lowest BCUT2D eigenvalue weighted by atomic mass is 10.2. The van der Waals surface area contributed by atoms with Gasteiger partial charge in [0.05, 0.1) is 6.26 Å². The molecular formula is C11H12O2. The van der Waals surface area contributed by atoms with E-state index in [1.165, 1.54) is 6.26 Å². The number of Topliss-reactive ketones (excluding diaryl/α,β-unsaturated/α-hetero) is 1. The van der Waals surface area contributed by atoms with E-state index in [9.17, 15) is 4.79 Å². The highest BCUT2D eigenvalue weighted by atomic mass is 16.3. The molecule has 0 aromatic carbocycles. The highest BCUT2D eigenvalue weighted by Crippen LogP contribution is 2.00. The fraction of sp³-hybridized carbons (Fsp3) is 0.364. The topological polar surface area (TPSA) is 30.2 Å². The molecule has 0 aliphatic heterocycles. The van der Waals surface area contributed by atoms with Gasteiger partial charge in [-0.2, -0.15) is 0 Å². The van der Waals surface area contributed by atoms with E-state index in [0.29, 0.717) is 5.76 Å². The van der Waals surface area contributed by atoms with Crippen LogP contribution in [0.4, 0.5) is 0 Å². The van der Waals surface area contributed by atoms with Gasteiger partial charge in [-0.15, -0.1) is 0 Å². The average molecular weight is 176 g/mol. The Hall–Kier alpha value is -1.49. The predicted molar refractivity (Wildman–Crippen MR) is 50.3 cm³/mol. The van der Waals surface area contributed by atoms with Crippen molar-refractivity contribution in [2.45, 2.75) is 26.2 Å². The van der Waals surface area contributed by atoms with Gasteiger partial charge < -0.3 is 4.42 Å². The van der Waals surface area contributed by atoms with Crippen molar-refractivity contribution in [1.82, 2.24) is 0 Å². The molecule has 2 nitrogen and oxygen atoms in total. The number of furan rings is 1. The van der Waals surface area contributed by atoms with Gasteiger partial charge in [0.2, 0.25) is 0 Å². The second kappa shape index (κ2) is 5.21. The van der Waals surface area contributed by atoms with Gasteiger partial charge in [-0.3, -0.25) is 4.79 Å². The Morgan fingerprint density at radius 3 is 3.08 bits per heavy atom. The molecule has 2 heteroatoms. The molecule has 0 saturated carbocycles. The molecule has 0 N–H and O–H groups in total. The van der Waals surface area contributed by atoms with Crippen molar-refractivity contribution in [1.29, 1.82) is 0 Å². The van der Waals surface area contributed by atoms with Crippen LogP contribution >= 0.6 is 0 Å². The van der Waals surface area contributed by atoms with Gasteiger partial charge >= 0.3 is 0 Å². The first kappa shape index (κ1) is 9.60. The van der Waals surface area contributed by atoms with Crippen LogP contribution in [0.15, 0.2) is 22.8 Å². The first-order valence-electron chi connectivity index (χ1n) is 4.41. The maximum Gasteiger partial charge on any atom is 0.271 e. The van der Waals surface area contributed by atoms with Crippen molar-refractivity contribution in [3.8, 4) is 11.8 Å². The highest BCUT2D eigenvalue weighted by Gasteiger charge is 2.02. The average Bonchev–Trinajstić information content (AvgIpc) is 2.65. The lowest BCUT2D eigenvalue weighted by Gasteiger charge is -1.84. The van der Waals surface area contributed by atoms with Gasteiger partial charge in [0.15, 0.2) is 5.76 Å². The third-order valence-corrected chi connectivity index (χ3v) is 1.60. The molecule has 0 unspecified atom stereocenters. The zero-order valence-electron chi connectivity index (χ0n) is 7.67. The maximum absolute atomic E-state index is 11.2. The minimum absolute atomic E-state index is 0.235. The minimum atomic E-state index is -0.235. The largest absolute Gasteiger partial charge is 0.460 e. The van der Waals surface area contributed by atoms with Crippen molar-refractivity contribution >= 4 is 5.78 Å². The summed E-state index contributed by atoms with van der Waals surface area (Å²) >= 11 is 0. The van der Waals surface area contributed by atoms with Crippen LogP contribution in [-0.2, 0) is 0 Å². The second-order valence-corrected chi connectivity index (χ2v) is 2.71. The normalized spacial score (nSPS) is 9.00. The molecule has 68 valence electrons. The quantitative estimate of drug-likeness (QED) is 0.307. The molecule has 1 rings (SSSR count). The summed E-state index contributed by atoms with van der Waals surface area (Å²) < 4.78 is 4.90. The molecule has 0 fully saturated rings. The molecule has 0 radical (unpaired) electrons. The van der Waals surface area contributed by atoms with Crippen molar-refractivity contribution in [3.05, 3.63) is 24.2 Å². The SMILES string of the molecule is CCCCC#CC(=O)c1ccco1. The Balaban J connectivity index is 2.44. The summed E-state index contributed by atoms with van der Waals surface area (Å²) in [6.07, 6.45) is 4.39. The van der Waals surface area contributed by atoms with Crippen LogP contribution in [0.1, 0.15) is 36.7 Å². The van der Waals surface area contributed by atoms with Crippen LogP contribution in [0.5, 0.6) is 0 Å². The van der Waals surface area contributed by atoms with Crippen LogP contribution in [0.2, 0.25) is 0 Å². The van der Waals surface area contributed by atoms with E-state index in [2.05, 4.69) is 18.8 Å². The van der Waals surface area contributed by atoms with E-state index in [1.54, 1.807) is 12.1 Å². The summed E-state index contributed by atoms with van der Waals surface area (Å²) in [5.41, 5.74) is 0. The van der Waals surface area contributed by atoms with Gasteiger partial charge in [-0.25, -0.2) is 0 Å². The van der Waals surface area contributed by atoms with Gasteiger partial charge in [0.25, 0.3) is 5.78 Å². The lowest BCUT2D eigenvalue weighted by Crippen LogP contribution is -1.90. The second-order valence-electron chi connectivity index (χ2n) is 2.71. The summed E-state index contributed by atoms with van der Waals surface area (Å²) in [7, 11) is 0. The molecule has 0 bridgehead atoms. The molecule has 1 aromatic rings. The van der Waals surface area contributed by atoms with E-state index in [4.69, 9.17) is 4.42 Å². The predicted octanol–water partition coefficient (Wildman–Crippen LogP) is 2.66. The Bertz CT molecular complexity index is 312. The van der Waals surface area contributed by atoms with Crippen LogP contribution < -0.4 is 0 Å². The summed E-state index contributed by atoms with van der Waals surface area (Å²) in [6, 6.07) is 3.30. The summed E-state index contributed by atoms with van der Waals surface area (Å²) in [5, 5.41) is 0. The molecule has 1 heterocycles. The molecular weight excluding hydrogens is 164 g/mol. The van der Waals surface area contributed by atoms with Crippen molar-refractivity contribution in [2.75, 3.05) is 0 Å². The van der Waals surface area contributed by atoms with E-state index in [-0.39, 0.29) is 5.78 Å². The standard InChI is InChI=1S/C11H12O2/c1-2-3-4-5-7-10(12)11-8-6-9-13-11/h6,8-9H,2-4H2,1H3. The number of unbranched alkanes of at least 4 members (excludes halogenated alkanes) is 2. The number of hydrogen-bond donors (Lipinski definition) is 0. The zero-order valence-corrected chi connectivity index (χ0v) is 7.67. The molecule has 13 heavy (non-hydrogen) atoms. The molecule has 1 aromatic heterocycles. The maximum atomic E-state index is 11.2. The molecule has 0 amide bonds. The van der Waals surface area contributed by atoms with E-state index in [1.807, 2.05) is 0 Å². The zero-order chi connectivity index (χ0) is 9.52. The first-order valence-corrected chi connectivity index (χ1v) is 4.41. The van der Waals surface area contributed by atoms with Crippen molar-refractivity contribution in [3.63, 3.8) is 0 Å². The number of ketones is 1. The van der Waals surface area contributed by atoms with E-state index < -0.39 is 0 Å². The highest BCUT2D eigenvalue weighted by molar-refractivity contribution is 6.06. The Kier molecular flexibility index (Phi) is 3.84. The van der Waals surface area contributed by atoms with Crippen LogP contribution in [0.3, 0.4) is 0 Å². The smallest absolute Gasteiger partial charge is 0.271 e. The summed E-state index contributed by atoms with van der Waals surface area (Å²) in [5.74, 6) is 5.44. The van der Waals surface area contributed by atoms with Crippen molar-refractivity contribution < 1.29 is 9.21 Å². The molecule has 0 saturated heterocycles. The minimum Gasteiger partial charge on any atom is -0.460 e. The fourth-order valence-electron chi connectivity index (χ4n) is 0.877. The van der Waals surface area contributed by atoms with E-state index >= 15 is 0 Å². The number of hydrogen-bond acceptors (Lipinski definition) is 2. The van der Waals surface area contributed by atoms with Gasteiger partial charge in [0.1, 0.15) is 0 Å². The Morgan fingerprint density at radius 2 is 2.46 bits per heavy atom. The van der Waals surface area contributed by atoms with Crippen LogP contribution in [-0.4, -0.2) is 5.78 Å². The lowest BCUT2D eigenvalue weighted by molar-refractivity contribution is 0.103. The Morgan fingerprint density at radius 1 is 1.62 bits per heavy atom. The summed E-state index contributed by atoms with van der Waals surface area (Å²) in [6.45, 7) is 2.09. The molecule has 0 aliphatic rings. The third-order valence-electron chi connectivity index (χ3n) is 1.60. The molecule has 0 spiro atoms. The van der Waals surface area contributed by atoms with Gasteiger partial charge in [-0.05, 0) is 24.5 Å². The van der Waals surface area contributed by atoms with Gasteiger partial charge in [0, 0.05) is 6.42 Å². The summed E-state index contributed by atoms with van der Waals surface area (Å²) in [4.78, 5) is 11.2. The first-order chi connectivity index (χ1) is 6.34. The van der Waals surface area contributed by atoms with Crippen molar-refractivity contribution in [2.24, 2.45) is 0 Å². The molecule has 0 atom stereocenters. The monoisotopic (exact) mass is 176 g/mol. The van der Waals surface area contributed by atoms with Crippen LogP contribution in [0.25, 0.3) is 0 Å². The van der Waals surface area contributed by atoms with Crippen LogP contribution in [0, 0.1) is 11.8 Å². The Labute approximate surface area is 77.9 Å². The number of rotatable bonds is 3.